The van der Waals surface area contributed by atoms with Gasteiger partial charge >= 0.3 is 0 Å². The number of rotatable bonds is 3. The first-order chi connectivity index (χ1) is 8.22. The number of aliphatic hydroxyl groups is 1. The van der Waals surface area contributed by atoms with Crippen molar-refractivity contribution in [2.45, 2.75) is 16.4 Å². The van der Waals surface area contributed by atoms with Crippen LogP contribution in [-0.4, -0.2) is 5.11 Å². The van der Waals surface area contributed by atoms with E-state index in [4.69, 9.17) is 11.6 Å². The average Bonchev–Trinajstić information content (AvgIpc) is 2.34. The number of hydrogen-bond donors (Lipinski definition) is 1. The van der Waals surface area contributed by atoms with Gasteiger partial charge in [0.05, 0.1) is 11.6 Å². The van der Waals surface area contributed by atoms with Crippen LogP contribution >= 0.6 is 23.4 Å². The summed E-state index contributed by atoms with van der Waals surface area (Å²) in [6.45, 7) is -0.114. The molecule has 0 radical (unpaired) electrons. The van der Waals surface area contributed by atoms with Crippen molar-refractivity contribution in [2.24, 2.45) is 0 Å². The van der Waals surface area contributed by atoms with Crippen molar-refractivity contribution in [3.63, 3.8) is 0 Å². The standard InChI is InChI=1S/C13H10ClFOS/c14-10-5-3-4-9(8-16)13(10)17-12-7-2-1-6-11(12)15/h1-7,16H,8H2. The van der Waals surface area contributed by atoms with Crippen molar-refractivity contribution in [3.05, 3.63) is 58.9 Å². The molecular formula is C13H10ClFOS. The Bertz CT molecular complexity index is 531. The fourth-order valence-corrected chi connectivity index (χ4v) is 2.70. The highest BCUT2D eigenvalue weighted by atomic mass is 35.5. The van der Waals surface area contributed by atoms with Crippen LogP contribution < -0.4 is 0 Å². The minimum absolute atomic E-state index is 0.114. The highest BCUT2D eigenvalue weighted by Gasteiger charge is 2.10. The third-order valence-corrected chi connectivity index (χ3v) is 3.93. The molecule has 0 heterocycles. The van der Waals surface area contributed by atoms with Crippen molar-refractivity contribution in [2.75, 3.05) is 0 Å². The summed E-state index contributed by atoms with van der Waals surface area (Å²) in [4.78, 5) is 1.19. The van der Waals surface area contributed by atoms with Crippen LogP contribution in [0.5, 0.6) is 0 Å². The van der Waals surface area contributed by atoms with Gasteiger partial charge in [-0.05, 0) is 23.8 Å². The van der Waals surface area contributed by atoms with Crippen LogP contribution in [0, 0.1) is 5.82 Å². The maximum atomic E-state index is 13.5. The summed E-state index contributed by atoms with van der Waals surface area (Å²) < 4.78 is 13.5. The van der Waals surface area contributed by atoms with E-state index in [1.807, 2.05) is 0 Å². The first kappa shape index (κ1) is 12.4. The summed E-state index contributed by atoms with van der Waals surface area (Å²) in [6, 6.07) is 11.8. The average molecular weight is 269 g/mol. The molecule has 2 rings (SSSR count). The Morgan fingerprint density at radius 3 is 2.59 bits per heavy atom. The van der Waals surface area contributed by atoms with Crippen molar-refractivity contribution < 1.29 is 9.50 Å². The molecular weight excluding hydrogens is 259 g/mol. The van der Waals surface area contributed by atoms with Gasteiger partial charge in [-0.2, -0.15) is 0 Å². The van der Waals surface area contributed by atoms with E-state index < -0.39 is 0 Å². The third-order valence-electron chi connectivity index (χ3n) is 2.27. The van der Waals surface area contributed by atoms with Crippen LogP contribution in [0.4, 0.5) is 4.39 Å². The lowest BCUT2D eigenvalue weighted by Crippen LogP contribution is -1.89. The van der Waals surface area contributed by atoms with Crippen LogP contribution in [-0.2, 0) is 6.61 Å². The Morgan fingerprint density at radius 1 is 1.12 bits per heavy atom. The summed E-state index contributed by atoms with van der Waals surface area (Å²) in [5.41, 5.74) is 0.700. The zero-order valence-corrected chi connectivity index (χ0v) is 10.4. The largest absolute Gasteiger partial charge is 0.392 e. The summed E-state index contributed by atoms with van der Waals surface area (Å²) in [7, 11) is 0. The number of aliphatic hydroxyl groups excluding tert-OH is 1. The van der Waals surface area contributed by atoms with E-state index in [9.17, 15) is 9.50 Å². The molecule has 88 valence electrons. The normalized spacial score (nSPS) is 10.5. The molecule has 17 heavy (non-hydrogen) atoms. The second kappa shape index (κ2) is 5.54. The fourth-order valence-electron chi connectivity index (χ4n) is 1.43. The molecule has 2 aromatic rings. The van der Waals surface area contributed by atoms with Gasteiger partial charge in [-0.15, -0.1) is 0 Å². The van der Waals surface area contributed by atoms with Crippen LogP contribution in [0.15, 0.2) is 52.3 Å². The highest BCUT2D eigenvalue weighted by molar-refractivity contribution is 7.99. The molecule has 0 aliphatic heterocycles. The Kier molecular flexibility index (Phi) is 4.05. The van der Waals surface area contributed by atoms with Gasteiger partial charge in [-0.3, -0.25) is 0 Å². The summed E-state index contributed by atoms with van der Waals surface area (Å²) in [5.74, 6) is -0.290. The van der Waals surface area contributed by atoms with Crippen molar-refractivity contribution >= 4 is 23.4 Å². The van der Waals surface area contributed by atoms with E-state index in [0.29, 0.717) is 20.4 Å². The SMILES string of the molecule is OCc1cccc(Cl)c1Sc1ccccc1F. The van der Waals surface area contributed by atoms with Gasteiger partial charge in [0.1, 0.15) is 5.82 Å². The van der Waals surface area contributed by atoms with Crippen LogP contribution in [0.2, 0.25) is 5.02 Å². The van der Waals surface area contributed by atoms with Crippen LogP contribution in [0.3, 0.4) is 0 Å². The quantitative estimate of drug-likeness (QED) is 0.903. The molecule has 2 aromatic carbocycles. The molecule has 0 saturated heterocycles. The van der Waals surface area contributed by atoms with Gasteiger partial charge in [-0.25, -0.2) is 4.39 Å². The molecule has 4 heteroatoms. The van der Waals surface area contributed by atoms with E-state index in [1.54, 1.807) is 36.4 Å². The van der Waals surface area contributed by atoms with Crippen molar-refractivity contribution in [1.82, 2.24) is 0 Å². The first-order valence-electron chi connectivity index (χ1n) is 5.03. The maximum absolute atomic E-state index is 13.5. The number of halogens is 2. The molecule has 0 aromatic heterocycles. The minimum atomic E-state index is -0.290. The maximum Gasteiger partial charge on any atom is 0.137 e. The molecule has 0 aliphatic carbocycles. The van der Waals surface area contributed by atoms with E-state index in [0.717, 1.165) is 0 Å². The lowest BCUT2D eigenvalue weighted by atomic mass is 10.2. The molecule has 1 N–H and O–H groups in total. The molecule has 0 amide bonds. The van der Waals surface area contributed by atoms with E-state index in [1.165, 1.54) is 17.8 Å². The number of benzene rings is 2. The molecule has 0 aliphatic rings. The lowest BCUT2D eigenvalue weighted by Gasteiger charge is -2.09. The van der Waals surface area contributed by atoms with Crippen LogP contribution in [0.1, 0.15) is 5.56 Å². The Hall–Kier alpha value is -1.03. The predicted molar refractivity (Wildman–Crippen MR) is 67.9 cm³/mol. The highest BCUT2D eigenvalue weighted by Crippen LogP contribution is 2.37. The Labute approximate surface area is 108 Å². The van der Waals surface area contributed by atoms with Gasteiger partial charge in [0, 0.05) is 9.79 Å². The molecule has 0 fully saturated rings. The third kappa shape index (κ3) is 2.80. The molecule has 0 spiro atoms. The second-order valence-electron chi connectivity index (χ2n) is 3.42. The van der Waals surface area contributed by atoms with Gasteiger partial charge in [0.2, 0.25) is 0 Å². The van der Waals surface area contributed by atoms with E-state index in [2.05, 4.69) is 0 Å². The minimum Gasteiger partial charge on any atom is -0.392 e. The molecule has 0 unspecified atom stereocenters. The first-order valence-corrected chi connectivity index (χ1v) is 6.22. The van der Waals surface area contributed by atoms with Crippen LogP contribution in [0.25, 0.3) is 0 Å². The zero-order chi connectivity index (χ0) is 12.3. The number of hydrogen-bond acceptors (Lipinski definition) is 2. The molecule has 0 atom stereocenters. The Balaban J connectivity index is 2.39. The van der Waals surface area contributed by atoms with E-state index in [-0.39, 0.29) is 12.4 Å². The van der Waals surface area contributed by atoms with Gasteiger partial charge in [-0.1, -0.05) is 47.6 Å². The zero-order valence-electron chi connectivity index (χ0n) is 8.86. The summed E-state index contributed by atoms with van der Waals surface area (Å²) in [5, 5.41) is 9.74. The molecule has 1 nitrogen and oxygen atoms in total. The van der Waals surface area contributed by atoms with Gasteiger partial charge in [0.25, 0.3) is 0 Å². The van der Waals surface area contributed by atoms with Gasteiger partial charge in [0.15, 0.2) is 0 Å². The Morgan fingerprint density at radius 2 is 1.88 bits per heavy atom. The summed E-state index contributed by atoms with van der Waals surface area (Å²) >= 11 is 7.28. The van der Waals surface area contributed by atoms with E-state index >= 15 is 0 Å². The predicted octanol–water partition coefficient (Wildman–Crippen LogP) is 4.12. The fraction of sp³-hybridized carbons (Fsp3) is 0.0769. The summed E-state index contributed by atoms with van der Waals surface area (Å²) in [6.07, 6.45) is 0. The van der Waals surface area contributed by atoms with Crippen molar-refractivity contribution in [3.8, 4) is 0 Å². The van der Waals surface area contributed by atoms with Gasteiger partial charge < -0.3 is 5.11 Å². The molecule has 0 bridgehead atoms. The second-order valence-corrected chi connectivity index (χ2v) is 4.88. The van der Waals surface area contributed by atoms with Crippen molar-refractivity contribution in [1.29, 1.82) is 0 Å². The topological polar surface area (TPSA) is 20.2 Å². The monoisotopic (exact) mass is 268 g/mol. The lowest BCUT2D eigenvalue weighted by molar-refractivity contribution is 0.279. The molecule has 0 saturated carbocycles. The smallest absolute Gasteiger partial charge is 0.137 e.